The van der Waals surface area contributed by atoms with Gasteiger partial charge in [0.25, 0.3) is 0 Å². The summed E-state index contributed by atoms with van der Waals surface area (Å²) < 4.78 is 1.03. The molecule has 1 rings (SSSR count). The van der Waals surface area contributed by atoms with Gasteiger partial charge in [-0.3, -0.25) is 9.59 Å². The highest BCUT2D eigenvalue weighted by Gasteiger charge is 2.08. The molecule has 1 aromatic carbocycles. The molecule has 0 atom stereocenters. The van der Waals surface area contributed by atoms with Crippen LogP contribution in [0.4, 0.5) is 0 Å². The summed E-state index contributed by atoms with van der Waals surface area (Å²) in [6.45, 7) is 0. The van der Waals surface area contributed by atoms with Crippen LogP contribution in [0.3, 0.4) is 0 Å². The SMILES string of the molecule is NC(=O)C=C(C(N)=O)c1ccc(I)cc1. The van der Waals surface area contributed by atoms with E-state index in [0.29, 0.717) is 5.56 Å². The van der Waals surface area contributed by atoms with E-state index < -0.39 is 11.8 Å². The van der Waals surface area contributed by atoms with Gasteiger partial charge in [-0.1, -0.05) is 12.1 Å². The molecule has 4 nitrogen and oxygen atoms in total. The Bertz CT molecular complexity index is 424. The van der Waals surface area contributed by atoms with E-state index in [1.807, 2.05) is 12.1 Å². The molecule has 0 saturated heterocycles. The van der Waals surface area contributed by atoms with Gasteiger partial charge in [0.15, 0.2) is 0 Å². The fourth-order valence-corrected chi connectivity index (χ4v) is 1.43. The summed E-state index contributed by atoms with van der Waals surface area (Å²) in [4.78, 5) is 21.8. The number of halogens is 1. The first-order chi connectivity index (χ1) is 7.00. The van der Waals surface area contributed by atoms with Gasteiger partial charge in [0.05, 0.1) is 5.57 Å². The lowest BCUT2D eigenvalue weighted by atomic mass is 10.1. The van der Waals surface area contributed by atoms with Crippen molar-refractivity contribution in [2.24, 2.45) is 11.5 Å². The van der Waals surface area contributed by atoms with Gasteiger partial charge in [-0.05, 0) is 40.3 Å². The summed E-state index contributed by atoms with van der Waals surface area (Å²) in [7, 11) is 0. The molecule has 0 spiro atoms. The van der Waals surface area contributed by atoms with Crippen LogP contribution >= 0.6 is 22.6 Å². The summed E-state index contributed by atoms with van der Waals surface area (Å²) in [6, 6.07) is 7.05. The maximum Gasteiger partial charge on any atom is 0.249 e. The Labute approximate surface area is 100 Å². The molecule has 0 bridgehead atoms. The van der Waals surface area contributed by atoms with Gasteiger partial charge in [0.2, 0.25) is 11.8 Å². The summed E-state index contributed by atoms with van der Waals surface area (Å²) >= 11 is 2.14. The minimum absolute atomic E-state index is 0.124. The monoisotopic (exact) mass is 316 g/mol. The number of carbonyl (C=O) groups is 2. The molecule has 2 amide bonds. The number of carbonyl (C=O) groups excluding carboxylic acids is 2. The van der Waals surface area contributed by atoms with Crippen molar-refractivity contribution in [1.29, 1.82) is 0 Å². The average Bonchev–Trinajstić information content (AvgIpc) is 2.15. The lowest BCUT2D eigenvalue weighted by Gasteiger charge is -2.02. The number of nitrogens with two attached hydrogens (primary N) is 2. The highest BCUT2D eigenvalue weighted by Crippen LogP contribution is 2.15. The minimum Gasteiger partial charge on any atom is -0.366 e. The summed E-state index contributed by atoms with van der Waals surface area (Å²) in [5, 5.41) is 0. The molecule has 15 heavy (non-hydrogen) atoms. The molecular formula is C10H9IN2O2. The highest BCUT2D eigenvalue weighted by atomic mass is 127. The number of hydrogen-bond donors (Lipinski definition) is 2. The Hall–Kier alpha value is -1.37. The predicted octanol–water partition coefficient (Wildman–Crippen LogP) is 0.645. The van der Waals surface area contributed by atoms with Crippen LogP contribution in [0.15, 0.2) is 30.3 Å². The Balaban J connectivity index is 3.16. The van der Waals surface area contributed by atoms with Gasteiger partial charge < -0.3 is 11.5 Å². The van der Waals surface area contributed by atoms with Crippen molar-refractivity contribution in [1.82, 2.24) is 0 Å². The fraction of sp³-hybridized carbons (Fsp3) is 0. The first-order valence-corrected chi connectivity index (χ1v) is 5.15. The van der Waals surface area contributed by atoms with Crippen molar-refractivity contribution in [3.05, 3.63) is 39.5 Å². The van der Waals surface area contributed by atoms with Crippen LogP contribution in [0.25, 0.3) is 5.57 Å². The van der Waals surface area contributed by atoms with Crippen LogP contribution in [0.1, 0.15) is 5.56 Å². The molecule has 0 radical (unpaired) electrons. The van der Waals surface area contributed by atoms with E-state index in [9.17, 15) is 9.59 Å². The van der Waals surface area contributed by atoms with E-state index in [0.717, 1.165) is 9.65 Å². The maximum absolute atomic E-state index is 11.1. The zero-order valence-corrected chi connectivity index (χ0v) is 9.89. The first-order valence-electron chi connectivity index (χ1n) is 4.07. The topological polar surface area (TPSA) is 86.2 Å². The summed E-state index contributed by atoms with van der Waals surface area (Å²) in [6.07, 6.45) is 1.03. The van der Waals surface area contributed by atoms with Crippen molar-refractivity contribution in [3.8, 4) is 0 Å². The van der Waals surface area contributed by atoms with E-state index in [1.54, 1.807) is 12.1 Å². The van der Waals surface area contributed by atoms with Crippen molar-refractivity contribution in [2.75, 3.05) is 0 Å². The lowest BCUT2D eigenvalue weighted by Crippen LogP contribution is -2.16. The van der Waals surface area contributed by atoms with E-state index in [4.69, 9.17) is 11.5 Å². The zero-order chi connectivity index (χ0) is 11.4. The van der Waals surface area contributed by atoms with Gasteiger partial charge in [0.1, 0.15) is 0 Å². The molecule has 78 valence electrons. The fourth-order valence-electron chi connectivity index (χ4n) is 1.07. The molecule has 0 aliphatic rings. The van der Waals surface area contributed by atoms with Crippen molar-refractivity contribution in [3.63, 3.8) is 0 Å². The Morgan fingerprint density at radius 3 is 2.07 bits per heavy atom. The van der Waals surface area contributed by atoms with Crippen LogP contribution in [0, 0.1) is 3.57 Å². The second-order valence-electron chi connectivity index (χ2n) is 2.83. The van der Waals surface area contributed by atoms with Gasteiger partial charge in [-0.2, -0.15) is 0 Å². The van der Waals surface area contributed by atoms with Gasteiger partial charge in [0, 0.05) is 9.65 Å². The Kier molecular flexibility index (Phi) is 3.84. The zero-order valence-electron chi connectivity index (χ0n) is 7.74. The van der Waals surface area contributed by atoms with Gasteiger partial charge in [-0.25, -0.2) is 0 Å². The van der Waals surface area contributed by atoms with Crippen LogP contribution in [-0.2, 0) is 9.59 Å². The van der Waals surface area contributed by atoms with Gasteiger partial charge >= 0.3 is 0 Å². The Morgan fingerprint density at radius 2 is 1.67 bits per heavy atom. The molecule has 0 aromatic heterocycles. The largest absolute Gasteiger partial charge is 0.366 e. The maximum atomic E-state index is 11.1. The third-order valence-corrected chi connectivity index (χ3v) is 2.43. The lowest BCUT2D eigenvalue weighted by molar-refractivity contribution is -0.115. The number of primary amides is 2. The Morgan fingerprint density at radius 1 is 1.13 bits per heavy atom. The number of benzene rings is 1. The van der Waals surface area contributed by atoms with Crippen molar-refractivity contribution >= 4 is 40.0 Å². The van der Waals surface area contributed by atoms with Gasteiger partial charge in [-0.15, -0.1) is 0 Å². The molecule has 0 saturated carbocycles. The van der Waals surface area contributed by atoms with Crippen molar-refractivity contribution < 1.29 is 9.59 Å². The first kappa shape index (κ1) is 11.7. The highest BCUT2D eigenvalue weighted by molar-refractivity contribution is 14.1. The third-order valence-electron chi connectivity index (χ3n) is 1.71. The normalized spacial score (nSPS) is 11.1. The van der Waals surface area contributed by atoms with Crippen LogP contribution < -0.4 is 11.5 Å². The van der Waals surface area contributed by atoms with E-state index in [2.05, 4.69) is 22.6 Å². The molecule has 0 aliphatic heterocycles. The second-order valence-corrected chi connectivity index (χ2v) is 4.08. The average molecular weight is 316 g/mol. The molecular weight excluding hydrogens is 307 g/mol. The summed E-state index contributed by atoms with van der Waals surface area (Å²) in [5.41, 5.74) is 10.8. The third kappa shape index (κ3) is 3.35. The molecule has 4 N–H and O–H groups in total. The smallest absolute Gasteiger partial charge is 0.249 e. The van der Waals surface area contributed by atoms with Crippen LogP contribution in [0.2, 0.25) is 0 Å². The molecule has 5 heteroatoms. The molecule has 0 aliphatic carbocycles. The molecule has 1 aromatic rings. The van der Waals surface area contributed by atoms with E-state index >= 15 is 0 Å². The van der Waals surface area contributed by atoms with E-state index in [1.165, 1.54) is 0 Å². The number of hydrogen-bond acceptors (Lipinski definition) is 2. The minimum atomic E-state index is -0.692. The molecule has 0 fully saturated rings. The number of amides is 2. The second kappa shape index (κ2) is 4.92. The van der Waals surface area contributed by atoms with Crippen molar-refractivity contribution in [2.45, 2.75) is 0 Å². The number of rotatable bonds is 3. The van der Waals surface area contributed by atoms with Crippen LogP contribution in [-0.4, -0.2) is 11.8 Å². The molecule has 0 heterocycles. The predicted molar refractivity (Wildman–Crippen MR) is 65.5 cm³/mol. The van der Waals surface area contributed by atoms with Crippen LogP contribution in [0.5, 0.6) is 0 Å². The quantitative estimate of drug-likeness (QED) is 0.633. The van der Waals surface area contributed by atoms with E-state index in [-0.39, 0.29) is 5.57 Å². The molecule has 0 unspecified atom stereocenters. The standard InChI is InChI=1S/C10H9IN2O2/c11-7-3-1-6(2-4-7)8(10(13)15)5-9(12)14/h1-5H,(H2,12,14)(H2,13,15). The summed E-state index contributed by atoms with van der Waals surface area (Å²) in [5.74, 6) is -1.36.